The molecule has 2 aromatic rings. The van der Waals surface area contributed by atoms with Crippen molar-refractivity contribution in [2.45, 2.75) is 19.8 Å². The minimum atomic E-state index is -0.565. The summed E-state index contributed by atoms with van der Waals surface area (Å²) in [5, 5.41) is 0. The highest BCUT2D eigenvalue weighted by atomic mass is 19.1. The second-order valence-electron chi connectivity index (χ2n) is 7.52. The molecule has 0 saturated carbocycles. The molecule has 160 valence electrons. The van der Waals surface area contributed by atoms with Gasteiger partial charge in [-0.1, -0.05) is 0 Å². The van der Waals surface area contributed by atoms with Crippen molar-refractivity contribution in [1.29, 1.82) is 0 Å². The molecule has 31 heavy (non-hydrogen) atoms. The van der Waals surface area contributed by atoms with Crippen molar-refractivity contribution in [3.63, 3.8) is 0 Å². The van der Waals surface area contributed by atoms with Gasteiger partial charge >= 0.3 is 5.97 Å². The van der Waals surface area contributed by atoms with Crippen molar-refractivity contribution in [3.8, 4) is 0 Å². The molecule has 8 heteroatoms. The molecule has 2 aromatic carbocycles. The smallest absolute Gasteiger partial charge is 0.310 e. The van der Waals surface area contributed by atoms with Crippen LogP contribution < -0.4 is 4.90 Å². The zero-order valence-electron chi connectivity index (χ0n) is 17.0. The number of piperidine rings is 1. The van der Waals surface area contributed by atoms with Gasteiger partial charge in [0.05, 0.1) is 29.3 Å². The van der Waals surface area contributed by atoms with Gasteiger partial charge in [0.2, 0.25) is 0 Å². The van der Waals surface area contributed by atoms with Crippen LogP contribution in [0.3, 0.4) is 0 Å². The first-order chi connectivity index (χ1) is 14.9. The van der Waals surface area contributed by atoms with E-state index in [1.165, 1.54) is 42.5 Å². The standard InChI is InChI=1S/C23H21FN2O5/c1-2-31-23(30)15-4-3-11-25(13-15)20(27)14-5-10-18-19(12-14)22(29)26(21(18)28)17-8-6-16(24)7-9-17/h5-10,12,15H,2-4,11,13H2,1H3/t15-/m0/s1. The molecule has 0 aliphatic carbocycles. The molecule has 0 radical (unpaired) electrons. The minimum Gasteiger partial charge on any atom is -0.466 e. The number of carbonyl (C=O) groups is 4. The number of imide groups is 1. The van der Waals surface area contributed by atoms with Gasteiger partial charge in [0, 0.05) is 18.7 Å². The Morgan fingerprint density at radius 1 is 1.06 bits per heavy atom. The molecule has 0 N–H and O–H groups in total. The van der Waals surface area contributed by atoms with Crippen molar-refractivity contribution in [1.82, 2.24) is 4.90 Å². The summed E-state index contributed by atoms with van der Waals surface area (Å²) in [6.07, 6.45) is 1.34. The Bertz CT molecular complexity index is 1070. The number of rotatable bonds is 4. The lowest BCUT2D eigenvalue weighted by molar-refractivity contribution is -0.149. The SMILES string of the molecule is CCOC(=O)[C@H]1CCCN(C(=O)c2ccc3c(c2)C(=O)N(c2ccc(F)cc2)C3=O)C1. The molecule has 0 bridgehead atoms. The Hall–Kier alpha value is -3.55. The molecule has 0 spiro atoms. The molecule has 1 fully saturated rings. The van der Waals surface area contributed by atoms with E-state index >= 15 is 0 Å². The van der Waals surface area contributed by atoms with Crippen LogP contribution in [0.1, 0.15) is 50.8 Å². The second kappa shape index (κ2) is 8.29. The summed E-state index contributed by atoms with van der Waals surface area (Å²) < 4.78 is 18.3. The van der Waals surface area contributed by atoms with Crippen molar-refractivity contribution in [2.75, 3.05) is 24.6 Å². The zero-order chi connectivity index (χ0) is 22.1. The van der Waals surface area contributed by atoms with Crippen molar-refractivity contribution >= 4 is 29.4 Å². The normalized spacial score (nSPS) is 18.2. The molecule has 3 amide bonds. The maximum atomic E-state index is 13.2. The van der Waals surface area contributed by atoms with Gasteiger partial charge in [-0.05, 0) is 62.2 Å². The molecular formula is C23H21FN2O5. The number of ether oxygens (including phenoxy) is 1. The molecule has 0 unspecified atom stereocenters. The number of carbonyl (C=O) groups excluding carboxylic acids is 4. The first-order valence-corrected chi connectivity index (χ1v) is 10.1. The highest BCUT2D eigenvalue weighted by Crippen LogP contribution is 2.30. The van der Waals surface area contributed by atoms with Crippen LogP contribution >= 0.6 is 0 Å². The summed E-state index contributed by atoms with van der Waals surface area (Å²) in [4.78, 5) is 53.2. The number of hydrogen-bond donors (Lipinski definition) is 0. The number of likely N-dealkylation sites (tertiary alicyclic amines) is 1. The number of amides is 3. The summed E-state index contributed by atoms with van der Waals surface area (Å²) in [5.74, 6) is -2.56. The lowest BCUT2D eigenvalue weighted by Gasteiger charge is -2.31. The molecule has 1 saturated heterocycles. The lowest BCUT2D eigenvalue weighted by atomic mass is 9.97. The van der Waals surface area contributed by atoms with Gasteiger partial charge in [-0.3, -0.25) is 19.2 Å². The van der Waals surface area contributed by atoms with Gasteiger partial charge < -0.3 is 9.64 Å². The van der Waals surface area contributed by atoms with Crippen LogP contribution in [-0.4, -0.2) is 48.3 Å². The highest BCUT2D eigenvalue weighted by molar-refractivity contribution is 6.34. The van der Waals surface area contributed by atoms with E-state index in [-0.39, 0.29) is 53.3 Å². The lowest BCUT2D eigenvalue weighted by Crippen LogP contribution is -2.42. The quantitative estimate of drug-likeness (QED) is 0.557. The maximum Gasteiger partial charge on any atom is 0.310 e. The van der Waals surface area contributed by atoms with E-state index in [0.717, 1.165) is 4.90 Å². The molecule has 7 nitrogen and oxygen atoms in total. The first-order valence-electron chi connectivity index (χ1n) is 10.1. The molecule has 2 heterocycles. The largest absolute Gasteiger partial charge is 0.466 e. The van der Waals surface area contributed by atoms with E-state index in [4.69, 9.17) is 4.74 Å². The van der Waals surface area contributed by atoms with Crippen LogP contribution in [0.2, 0.25) is 0 Å². The fourth-order valence-electron chi connectivity index (χ4n) is 4.00. The van der Waals surface area contributed by atoms with Crippen molar-refractivity contribution < 1.29 is 28.3 Å². The van der Waals surface area contributed by atoms with Crippen LogP contribution in [0, 0.1) is 11.7 Å². The fraction of sp³-hybridized carbons (Fsp3) is 0.304. The fourth-order valence-corrected chi connectivity index (χ4v) is 4.00. The third-order valence-electron chi connectivity index (χ3n) is 5.55. The van der Waals surface area contributed by atoms with E-state index in [0.29, 0.717) is 19.4 Å². The van der Waals surface area contributed by atoms with Gasteiger partial charge in [-0.2, -0.15) is 0 Å². The number of halogens is 1. The summed E-state index contributed by atoms with van der Waals surface area (Å²) >= 11 is 0. The number of fused-ring (bicyclic) bond motifs is 1. The Morgan fingerprint density at radius 3 is 2.48 bits per heavy atom. The Morgan fingerprint density at radius 2 is 1.77 bits per heavy atom. The second-order valence-corrected chi connectivity index (χ2v) is 7.52. The number of esters is 1. The van der Waals surface area contributed by atoms with E-state index < -0.39 is 17.6 Å². The number of anilines is 1. The van der Waals surface area contributed by atoms with Crippen LogP contribution in [0.4, 0.5) is 10.1 Å². The first kappa shape index (κ1) is 20.7. The summed E-state index contributed by atoms with van der Waals surface area (Å²) in [5.41, 5.74) is 0.840. The topological polar surface area (TPSA) is 84.0 Å². The van der Waals surface area contributed by atoms with Gasteiger partial charge in [0.15, 0.2) is 0 Å². The Balaban J connectivity index is 1.56. The van der Waals surface area contributed by atoms with Crippen molar-refractivity contribution in [2.24, 2.45) is 5.92 Å². The molecular weight excluding hydrogens is 403 g/mol. The minimum absolute atomic E-state index is 0.124. The predicted molar refractivity (Wildman–Crippen MR) is 109 cm³/mol. The average molecular weight is 424 g/mol. The summed E-state index contributed by atoms with van der Waals surface area (Å²) in [6, 6.07) is 9.43. The van der Waals surface area contributed by atoms with Crippen molar-refractivity contribution in [3.05, 3.63) is 65.0 Å². The highest BCUT2D eigenvalue weighted by Gasteiger charge is 2.38. The molecule has 0 aromatic heterocycles. The van der Waals surface area contributed by atoms with Gasteiger partial charge in [0.25, 0.3) is 17.7 Å². The Kier molecular flexibility index (Phi) is 5.54. The monoisotopic (exact) mass is 424 g/mol. The number of nitrogens with zero attached hydrogens (tertiary/aromatic N) is 2. The third kappa shape index (κ3) is 3.81. The number of benzene rings is 2. The van der Waals surface area contributed by atoms with E-state index in [1.807, 2.05) is 0 Å². The number of hydrogen-bond acceptors (Lipinski definition) is 5. The van der Waals surface area contributed by atoms with Crippen LogP contribution in [0.15, 0.2) is 42.5 Å². The van der Waals surface area contributed by atoms with Gasteiger partial charge in [0.1, 0.15) is 5.82 Å². The zero-order valence-corrected chi connectivity index (χ0v) is 17.0. The third-order valence-corrected chi connectivity index (χ3v) is 5.55. The van der Waals surface area contributed by atoms with E-state index in [2.05, 4.69) is 0 Å². The van der Waals surface area contributed by atoms with Gasteiger partial charge in [-0.15, -0.1) is 0 Å². The predicted octanol–water partition coefficient (Wildman–Crippen LogP) is 3.04. The average Bonchev–Trinajstić information content (AvgIpc) is 3.04. The van der Waals surface area contributed by atoms with E-state index in [9.17, 15) is 23.6 Å². The van der Waals surface area contributed by atoms with E-state index in [1.54, 1.807) is 11.8 Å². The Labute approximate surface area is 178 Å². The van der Waals surface area contributed by atoms with Crippen LogP contribution in [0.25, 0.3) is 0 Å². The molecule has 2 aliphatic rings. The van der Waals surface area contributed by atoms with Gasteiger partial charge in [-0.25, -0.2) is 9.29 Å². The maximum absolute atomic E-state index is 13.2. The molecule has 4 rings (SSSR count). The molecule has 2 aliphatic heterocycles. The molecule has 1 atom stereocenters. The van der Waals surface area contributed by atoms with Crippen LogP contribution in [0.5, 0.6) is 0 Å². The summed E-state index contributed by atoms with van der Waals surface area (Å²) in [7, 11) is 0. The van der Waals surface area contributed by atoms with Crippen LogP contribution in [-0.2, 0) is 9.53 Å². The summed E-state index contributed by atoms with van der Waals surface area (Å²) in [6.45, 7) is 2.78.